The molecular weight excluding hydrogens is 402 g/mol. The maximum absolute atomic E-state index is 12.8. The predicted octanol–water partition coefficient (Wildman–Crippen LogP) is 4.74. The van der Waals surface area contributed by atoms with Crippen LogP contribution in [-0.4, -0.2) is 30.5 Å². The Kier molecular flexibility index (Phi) is 6.68. The zero-order valence-corrected chi connectivity index (χ0v) is 18.1. The van der Waals surface area contributed by atoms with Crippen LogP contribution in [0.4, 0.5) is 11.4 Å². The number of amides is 2. The Hall–Kier alpha value is -3.39. The summed E-state index contributed by atoms with van der Waals surface area (Å²) >= 11 is 1.32. The Balaban J connectivity index is 1.80. The van der Waals surface area contributed by atoms with Crippen LogP contribution in [0.1, 0.15) is 29.2 Å². The number of thiazole rings is 1. The second-order valence-corrected chi connectivity index (χ2v) is 7.44. The van der Waals surface area contributed by atoms with Gasteiger partial charge in [0.25, 0.3) is 5.91 Å². The molecule has 0 aliphatic heterocycles. The van der Waals surface area contributed by atoms with Crippen molar-refractivity contribution in [1.82, 2.24) is 4.98 Å². The summed E-state index contributed by atoms with van der Waals surface area (Å²) in [4.78, 5) is 29.3. The molecule has 0 unspecified atom stereocenters. The fraction of sp³-hybridized carbons (Fsp3) is 0.227. The highest BCUT2D eigenvalue weighted by molar-refractivity contribution is 7.17. The van der Waals surface area contributed by atoms with Crippen molar-refractivity contribution in [3.8, 4) is 22.1 Å². The lowest BCUT2D eigenvalue weighted by molar-refractivity contribution is -0.114. The third kappa shape index (κ3) is 4.96. The van der Waals surface area contributed by atoms with Gasteiger partial charge in [-0.2, -0.15) is 0 Å². The molecule has 2 N–H and O–H groups in total. The van der Waals surface area contributed by atoms with E-state index in [1.54, 1.807) is 25.1 Å². The van der Waals surface area contributed by atoms with Crippen LogP contribution in [0.2, 0.25) is 0 Å². The van der Waals surface area contributed by atoms with E-state index in [4.69, 9.17) is 9.47 Å². The minimum Gasteiger partial charge on any atom is -0.495 e. The molecule has 0 radical (unpaired) electrons. The molecule has 30 heavy (non-hydrogen) atoms. The molecule has 1 aromatic heterocycles. The number of aromatic nitrogens is 1. The Labute approximate surface area is 179 Å². The van der Waals surface area contributed by atoms with Gasteiger partial charge < -0.3 is 20.1 Å². The van der Waals surface area contributed by atoms with Crippen molar-refractivity contribution >= 4 is 34.5 Å². The summed E-state index contributed by atoms with van der Waals surface area (Å²) < 4.78 is 10.7. The highest BCUT2D eigenvalue weighted by atomic mass is 32.1. The summed E-state index contributed by atoms with van der Waals surface area (Å²) in [6.07, 6.45) is 0. The zero-order valence-electron chi connectivity index (χ0n) is 17.2. The van der Waals surface area contributed by atoms with Crippen LogP contribution in [0.5, 0.6) is 11.5 Å². The molecule has 0 aliphatic rings. The number of hydrogen-bond acceptors (Lipinski definition) is 6. The molecule has 0 fully saturated rings. The first-order valence-corrected chi connectivity index (χ1v) is 10.2. The van der Waals surface area contributed by atoms with E-state index < -0.39 is 0 Å². The molecule has 2 amide bonds. The zero-order chi connectivity index (χ0) is 21.7. The van der Waals surface area contributed by atoms with E-state index in [1.807, 2.05) is 31.2 Å². The van der Waals surface area contributed by atoms with Crippen molar-refractivity contribution in [3.63, 3.8) is 0 Å². The smallest absolute Gasteiger partial charge is 0.267 e. The first-order valence-electron chi connectivity index (χ1n) is 9.39. The lowest BCUT2D eigenvalue weighted by Gasteiger charge is -2.11. The molecule has 0 aliphatic carbocycles. The predicted molar refractivity (Wildman–Crippen MR) is 119 cm³/mol. The van der Waals surface area contributed by atoms with E-state index in [-0.39, 0.29) is 11.8 Å². The van der Waals surface area contributed by atoms with E-state index in [1.165, 1.54) is 25.4 Å². The van der Waals surface area contributed by atoms with E-state index in [0.29, 0.717) is 34.3 Å². The summed E-state index contributed by atoms with van der Waals surface area (Å²) in [5.74, 6) is 0.813. The van der Waals surface area contributed by atoms with Crippen LogP contribution in [0.25, 0.3) is 10.6 Å². The highest BCUT2D eigenvalue weighted by Crippen LogP contribution is 2.31. The average molecular weight is 426 g/mol. The molecule has 0 bridgehead atoms. The largest absolute Gasteiger partial charge is 0.495 e. The molecule has 3 aromatic rings. The topological polar surface area (TPSA) is 89.6 Å². The number of aryl methyl sites for hydroxylation is 1. The van der Waals surface area contributed by atoms with Crippen molar-refractivity contribution in [2.24, 2.45) is 0 Å². The fourth-order valence-corrected chi connectivity index (χ4v) is 3.82. The quantitative estimate of drug-likeness (QED) is 0.571. The van der Waals surface area contributed by atoms with Gasteiger partial charge in [0.2, 0.25) is 5.91 Å². The number of rotatable bonds is 7. The Morgan fingerprint density at radius 3 is 2.47 bits per heavy atom. The van der Waals surface area contributed by atoms with Crippen molar-refractivity contribution in [3.05, 3.63) is 53.0 Å². The van der Waals surface area contributed by atoms with Gasteiger partial charge in [-0.25, -0.2) is 4.98 Å². The molecule has 7 nitrogen and oxygen atoms in total. The number of ether oxygens (including phenoxy) is 2. The number of benzene rings is 2. The summed E-state index contributed by atoms with van der Waals surface area (Å²) in [6.45, 7) is 5.76. The molecule has 156 valence electrons. The second kappa shape index (κ2) is 9.41. The van der Waals surface area contributed by atoms with Gasteiger partial charge in [-0.15, -0.1) is 11.3 Å². The van der Waals surface area contributed by atoms with Crippen molar-refractivity contribution < 1.29 is 19.1 Å². The molecule has 1 heterocycles. The molecule has 0 atom stereocenters. The van der Waals surface area contributed by atoms with E-state index >= 15 is 0 Å². The Morgan fingerprint density at radius 2 is 1.83 bits per heavy atom. The Bertz CT molecular complexity index is 1060. The van der Waals surface area contributed by atoms with E-state index in [0.717, 1.165) is 16.3 Å². The number of nitrogens with one attached hydrogen (secondary N) is 2. The number of anilines is 2. The van der Waals surface area contributed by atoms with Gasteiger partial charge in [0.15, 0.2) is 0 Å². The Morgan fingerprint density at radius 1 is 1.10 bits per heavy atom. The minimum absolute atomic E-state index is 0.227. The third-order valence-electron chi connectivity index (χ3n) is 4.18. The molecule has 0 spiro atoms. The van der Waals surface area contributed by atoms with Gasteiger partial charge in [-0.3, -0.25) is 9.59 Å². The van der Waals surface area contributed by atoms with E-state index in [9.17, 15) is 9.59 Å². The standard InChI is InChI=1S/C22H23N3O4S/c1-5-29-17-9-6-15(7-10-17)22-23-13(2)20(30-22)21(27)25-16-8-11-19(28-4)18(12-16)24-14(3)26/h6-12H,5H2,1-4H3,(H,24,26)(H,25,27). The lowest BCUT2D eigenvalue weighted by Crippen LogP contribution is -2.13. The van der Waals surface area contributed by atoms with Gasteiger partial charge in [-0.1, -0.05) is 0 Å². The average Bonchev–Trinajstić information content (AvgIpc) is 3.10. The second-order valence-electron chi connectivity index (χ2n) is 6.44. The number of methoxy groups -OCH3 is 1. The number of nitrogens with zero attached hydrogens (tertiary/aromatic N) is 1. The van der Waals surface area contributed by atoms with Crippen LogP contribution in [0.15, 0.2) is 42.5 Å². The number of carbonyl (C=O) groups excluding carboxylic acids is 2. The third-order valence-corrected chi connectivity index (χ3v) is 5.39. The van der Waals surface area contributed by atoms with Crippen molar-refractivity contribution in [1.29, 1.82) is 0 Å². The normalized spacial score (nSPS) is 10.4. The minimum atomic E-state index is -0.263. The van der Waals surface area contributed by atoms with E-state index in [2.05, 4.69) is 15.6 Å². The maximum atomic E-state index is 12.8. The SMILES string of the molecule is CCOc1ccc(-c2nc(C)c(C(=O)Nc3ccc(OC)c(NC(C)=O)c3)s2)cc1. The van der Waals surface area contributed by atoms with Crippen LogP contribution in [-0.2, 0) is 4.79 Å². The summed E-state index contributed by atoms with van der Waals surface area (Å²) in [5, 5.41) is 6.31. The van der Waals surface area contributed by atoms with Crippen LogP contribution in [0.3, 0.4) is 0 Å². The van der Waals surface area contributed by atoms with Gasteiger partial charge in [0.1, 0.15) is 21.4 Å². The molecule has 8 heteroatoms. The van der Waals surface area contributed by atoms with Crippen LogP contribution < -0.4 is 20.1 Å². The van der Waals surface area contributed by atoms with Crippen LogP contribution >= 0.6 is 11.3 Å². The van der Waals surface area contributed by atoms with Crippen molar-refractivity contribution in [2.75, 3.05) is 24.4 Å². The molecular formula is C22H23N3O4S. The number of carbonyl (C=O) groups is 2. The van der Waals surface area contributed by atoms with Gasteiger partial charge in [0.05, 0.1) is 25.1 Å². The fourth-order valence-electron chi connectivity index (χ4n) is 2.85. The first kappa shape index (κ1) is 21.3. The molecule has 0 saturated carbocycles. The monoisotopic (exact) mass is 425 g/mol. The number of hydrogen-bond donors (Lipinski definition) is 2. The first-order chi connectivity index (χ1) is 14.4. The summed E-state index contributed by atoms with van der Waals surface area (Å²) in [7, 11) is 1.52. The summed E-state index contributed by atoms with van der Waals surface area (Å²) in [6, 6.07) is 12.7. The van der Waals surface area contributed by atoms with Crippen molar-refractivity contribution in [2.45, 2.75) is 20.8 Å². The maximum Gasteiger partial charge on any atom is 0.267 e. The highest BCUT2D eigenvalue weighted by Gasteiger charge is 2.17. The molecule has 0 saturated heterocycles. The summed E-state index contributed by atoms with van der Waals surface area (Å²) in [5.41, 5.74) is 2.60. The van der Waals surface area contributed by atoms with Gasteiger partial charge in [-0.05, 0) is 56.3 Å². The molecule has 3 rings (SSSR count). The van der Waals surface area contributed by atoms with Gasteiger partial charge >= 0.3 is 0 Å². The van der Waals surface area contributed by atoms with Gasteiger partial charge in [0, 0.05) is 18.2 Å². The van der Waals surface area contributed by atoms with Crippen LogP contribution in [0, 0.1) is 6.92 Å². The molecule has 2 aromatic carbocycles. The lowest BCUT2D eigenvalue weighted by atomic mass is 10.2.